The predicted octanol–water partition coefficient (Wildman–Crippen LogP) is 3.26. The zero-order valence-corrected chi connectivity index (χ0v) is 23.0. The summed E-state index contributed by atoms with van der Waals surface area (Å²) in [6.45, 7) is 12.1. The van der Waals surface area contributed by atoms with Crippen molar-refractivity contribution in [3.8, 4) is 0 Å². The van der Waals surface area contributed by atoms with Gasteiger partial charge in [-0.25, -0.2) is 4.79 Å². The lowest BCUT2D eigenvalue weighted by atomic mass is 9.89. The van der Waals surface area contributed by atoms with Gasteiger partial charge < -0.3 is 26.0 Å². The molecule has 1 saturated carbocycles. The van der Waals surface area contributed by atoms with E-state index < -0.39 is 28.8 Å². The van der Waals surface area contributed by atoms with E-state index in [9.17, 15) is 14.4 Å². The van der Waals surface area contributed by atoms with Gasteiger partial charge in [-0.2, -0.15) is 11.8 Å². The number of rotatable bonds is 10. The van der Waals surface area contributed by atoms with Gasteiger partial charge in [0.1, 0.15) is 12.1 Å². The fraction of sp³-hybridized carbons (Fsp3) is 0.840. The topological polar surface area (TPSA) is 138 Å². The molecule has 0 aromatic rings. The zero-order chi connectivity index (χ0) is 26.3. The Morgan fingerprint density at radius 3 is 2.31 bits per heavy atom. The Hall–Kier alpha value is -1.97. The summed E-state index contributed by atoms with van der Waals surface area (Å²) in [5, 5.41) is 14.0. The number of thioether (sulfide) groups is 1. The minimum absolute atomic E-state index is 0.0371. The Balaban J connectivity index is 2.25. The van der Waals surface area contributed by atoms with Crippen LogP contribution in [-0.4, -0.2) is 69.9 Å². The van der Waals surface area contributed by atoms with E-state index in [1.165, 1.54) is 24.2 Å². The summed E-state index contributed by atoms with van der Waals surface area (Å²) < 4.78 is 4.60. The number of hydrogen-bond donors (Lipinski definition) is 4. The Morgan fingerprint density at radius 2 is 1.77 bits per heavy atom. The molecule has 2 fully saturated rings. The smallest absolute Gasteiger partial charge is 0.408 e. The number of carbonyl (C=O) groups is 3. The number of carbonyl (C=O) groups excluding carboxylic acids is 3. The third-order valence-corrected chi connectivity index (χ3v) is 8.02. The van der Waals surface area contributed by atoms with Crippen LogP contribution in [0.4, 0.5) is 4.79 Å². The summed E-state index contributed by atoms with van der Waals surface area (Å²) in [5.41, 5.74) is 5.80. The second-order valence-corrected chi connectivity index (χ2v) is 13.2. The molecule has 10 heteroatoms. The Bertz CT molecular complexity index is 767. The highest BCUT2D eigenvalue weighted by molar-refractivity contribution is 8.01. The molecule has 1 aliphatic carbocycles. The quantitative estimate of drug-likeness (QED) is 0.262. The van der Waals surface area contributed by atoms with Crippen molar-refractivity contribution in [3.05, 3.63) is 0 Å². The van der Waals surface area contributed by atoms with Crippen molar-refractivity contribution >= 4 is 35.5 Å². The van der Waals surface area contributed by atoms with Crippen LogP contribution in [0.25, 0.3) is 0 Å². The van der Waals surface area contributed by atoms with Crippen molar-refractivity contribution < 1.29 is 19.1 Å². The summed E-state index contributed by atoms with van der Waals surface area (Å²) in [6.07, 6.45) is 5.12. The Labute approximate surface area is 214 Å². The van der Waals surface area contributed by atoms with Gasteiger partial charge in [0.2, 0.25) is 11.8 Å². The lowest BCUT2D eigenvalue weighted by molar-refractivity contribution is -0.140. The summed E-state index contributed by atoms with van der Waals surface area (Å²) >= 11 is 1.57. The molecule has 0 bridgehead atoms. The van der Waals surface area contributed by atoms with Gasteiger partial charge in [-0.15, -0.1) is 0 Å². The van der Waals surface area contributed by atoms with Gasteiger partial charge in [-0.05, 0) is 58.1 Å². The minimum Gasteiger partial charge on any atom is -0.447 e. The molecular weight excluding hydrogens is 466 g/mol. The fourth-order valence-corrected chi connectivity index (χ4v) is 6.56. The van der Waals surface area contributed by atoms with E-state index in [2.05, 4.69) is 10.6 Å². The van der Waals surface area contributed by atoms with Crippen LogP contribution in [-0.2, 0) is 14.3 Å². The molecular formula is C25H45N5O4S. The van der Waals surface area contributed by atoms with E-state index in [4.69, 9.17) is 15.9 Å². The summed E-state index contributed by atoms with van der Waals surface area (Å²) in [7, 11) is 0. The average Bonchev–Trinajstić information content (AvgIpc) is 3.20. The first-order chi connectivity index (χ1) is 16.3. The SMILES string of the molecule is CC(C)OC(=O)N[C@@H](C(=O)N1C[C@H](C(=N)N)C[C@H]1C(=O)NCC1CCCCC1)C(C)(C)SC(C)C. The van der Waals surface area contributed by atoms with Crippen LogP contribution in [0.5, 0.6) is 0 Å². The number of ether oxygens (including phenoxy) is 1. The van der Waals surface area contributed by atoms with Gasteiger partial charge in [0.05, 0.1) is 11.9 Å². The molecule has 5 N–H and O–H groups in total. The number of nitrogens with zero attached hydrogens (tertiary/aromatic N) is 1. The molecule has 1 aliphatic heterocycles. The van der Waals surface area contributed by atoms with E-state index in [1.807, 2.05) is 27.7 Å². The number of nitrogens with two attached hydrogens (primary N) is 1. The number of hydrogen-bond acceptors (Lipinski definition) is 6. The molecule has 3 atom stereocenters. The molecule has 1 heterocycles. The molecule has 0 spiro atoms. The van der Waals surface area contributed by atoms with Gasteiger partial charge in [0.15, 0.2) is 0 Å². The standard InChI is InChI=1S/C25H45N5O4S/c1-15(2)34-24(33)29-20(25(5,6)35-16(3)4)23(32)30-14-18(21(26)27)12-19(30)22(31)28-13-17-10-8-7-9-11-17/h15-20H,7-14H2,1-6H3,(H3,26,27)(H,28,31)(H,29,33)/t18-,19+,20+/m1/s1. The lowest BCUT2D eigenvalue weighted by Gasteiger charge is -2.38. The van der Waals surface area contributed by atoms with Gasteiger partial charge >= 0.3 is 6.09 Å². The van der Waals surface area contributed by atoms with Crippen molar-refractivity contribution in [1.82, 2.24) is 15.5 Å². The first-order valence-corrected chi connectivity index (χ1v) is 13.8. The third-order valence-electron chi connectivity index (χ3n) is 6.70. The highest BCUT2D eigenvalue weighted by Gasteiger charge is 2.47. The summed E-state index contributed by atoms with van der Waals surface area (Å²) in [5.74, 6) is -0.544. The number of alkyl carbamates (subject to hydrolysis) is 1. The maximum atomic E-state index is 13.9. The second-order valence-electron chi connectivity index (χ2n) is 10.9. The maximum Gasteiger partial charge on any atom is 0.408 e. The molecule has 0 aromatic heterocycles. The largest absolute Gasteiger partial charge is 0.447 e. The van der Waals surface area contributed by atoms with E-state index in [-0.39, 0.29) is 35.5 Å². The van der Waals surface area contributed by atoms with Gasteiger partial charge in [0, 0.05) is 23.8 Å². The van der Waals surface area contributed by atoms with Crippen LogP contribution >= 0.6 is 11.8 Å². The molecule has 9 nitrogen and oxygen atoms in total. The maximum absolute atomic E-state index is 13.9. The average molecular weight is 512 g/mol. The highest BCUT2D eigenvalue weighted by Crippen LogP contribution is 2.35. The summed E-state index contributed by atoms with van der Waals surface area (Å²) in [4.78, 5) is 41.2. The molecule has 3 amide bonds. The Morgan fingerprint density at radius 1 is 1.14 bits per heavy atom. The first kappa shape index (κ1) is 29.3. The number of nitrogens with one attached hydrogen (secondary N) is 3. The van der Waals surface area contributed by atoms with Crippen LogP contribution in [0.3, 0.4) is 0 Å². The van der Waals surface area contributed by atoms with Crippen molar-refractivity contribution in [2.75, 3.05) is 13.1 Å². The second kappa shape index (κ2) is 12.8. The Kier molecular flexibility index (Phi) is 10.7. The van der Waals surface area contributed by atoms with E-state index in [1.54, 1.807) is 25.6 Å². The molecule has 0 aromatic carbocycles. The normalized spacial score (nSPS) is 22.2. The van der Waals surface area contributed by atoms with Crippen LogP contribution in [0.15, 0.2) is 0 Å². The lowest BCUT2D eigenvalue weighted by Crippen LogP contribution is -2.60. The minimum atomic E-state index is -0.916. The number of amides is 3. The van der Waals surface area contributed by atoms with Crippen molar-refractivity contribution in [2.24, 2.45) is 17.6 Å². The molecule has 2 rings (SSSR count). The van der Waals surface area contributed by atoms with Crippen LogP contribution in [0, 0.1) is 17.2 Å². The van der Waals surface area contributed by atoms with Gasteiger partial charge in [-0.1, -0.05) is 33.1 Å². The summed E-state index contributed by atoms with van der Waals surface area (Å²) in [6, 6.07) is -1.65. The van der Waals surface area contributed by atoms with Gasteiger partial charge in [0.25, 0.3) is 0 Å². The van der Waals surface area contributed by atoms with E-state index in [0.717, 1.165) is 12.8 Å². The van der Waals surface area contributed by atoms with Crippen LogP contribution in [0.1, 0.15) is 80.1 Å². The van der Waals surface area contributed by atoms with Crippen LogP contribution < -0.4 is 16.4 Å². The fourth-order valence-electron chi connectivity index (χ4n) is 5.05. The predicted molar refractivity (Wildman–Crippen MR) is 140 cm³/mol. The highest BCUT2D eigenvalue weighted by atomic mass is 32.2. The van der Waals surface area contributed by atoms with E-state index >= 15 is 0 Å². The first-order valence-electron chi connectivity index (χ1n) is 12.9. The number of amidine groups is 1. The third kappa shape index (κ3) is 8.58. The molecule has 200 valence electrons. The van der Waals surface area contributed by atoms with Crippen molar-refractivity contribution in [3.63, 3.8) is 0 Å². The molecule has 2 aliphatic rings. The molecule has 1 saturated heterocycles. The van der Waals surface area contributed by atoms with E-state index in [0.29, 0.717) is 18.9 Å². The van der Waals surface area contributed by atoms with Crippen molar-refractivity contribution in [1.29, 1.82) is 5.41 Å². The molecule has 0 unspecified atom stereocenters. The van der Waals surface area contributed by atoms with Gasteiger partial charge in [-0.3, -0.25) is 15.0 Å². The monoisotopic (exact) mass is 511 g/mol. The van der Waals surface area contributed by atoms with Crippen molar-refractivity contribution in [2.45, 2.75) is 108 Å². The molecule has 0 radical (unpaired) electrons. The zero-order valence-electron chi connectivity index (χ0n) is 22.2. The van der Waals surface area contributed by atoms with Crippen LogP contribution in [0.2, 0.25) is 0 Å². The molecule has 35 heavy (non-hydrogen) atoms. The number of likely N-dealkylation sites (tertiary alicyclic amines) is 1.